The number of benzene rings is 2. The van der Waals surface area contributed by atoms with Crippen molar-refractivity contribution in [2.24, 2.45) is 0 Å². The number of aryl methyl sites for hydroxylation is 2. The largest absolute Gasteiger partial charge is 0.324 e. The molecule has 2 N–H and O–H groups in total. The van der Waals surface area contributed by atoms with Gasteiger partial charge in [0.05, 0.1) is 16.8 Å². The van der Waals surface area contributed by atoms with Gasteiger partial charge in [-0.1, -0.05) is 18.2 Å². The minimum absolute atomic E-state index is 0.309. The highest BCUT2D eigenvalue weighted by Crippen LogP contribution is 2.18. The highest BCUT2D eigenvalue weighted by Gasteiger charge is 2.10. The number of hydrogen-bond acceptors (Lipinski definition) is 5. The summed E-state index contributed by atoms with van der Waals surface area (Å²) >= 11 is 0. The number of anilines is 3. The highest BCUT2D eigenvalue weighted by molar-refractivity contribution is 6.04. The Kier molecular flexibility index (Phi) is 4.90. The van der Waals surface area contributed by atoms with Crippen molar-refractivity contribution in [1.29, 1.82) is 5.26 Å². The molecular weight excluding hydrogens is 326 g/mol. The number of nitrogens with zero attached hydrogens (tertiary/aromatic N) is 3. The average Bonchev–Trinajstić information content (AvgIpc) is 2.62. The Labute approximate surface area is 151 Å². The van der Waals surface area contributed by atoms with Crippen molar-refractivity contribution in [2.45, 2.75) is 13.8 Å². The molecule has 0 atom stereocenters. The van der Waals surface area contributed by atoms with E-state index in [1.807, 2.05) is 32.0 Å². The number of carbonyl (C=O) groups excluding carboxylic acids is 1. The SMILES string of the molecule is Cc1cc(C)cc(Nc2ncc(C(=O)Nc3ccccc3C#N)cn2)c1. The summed E-state index contributed by atoms with van der Waals surface area (Å²) in [6.45, 7) is 4.04. The number of aromatic nitrogens is 2. The average molecular weight is 343 g/mol. The first kappa shape index (κ1) is 17.1. The van der Waals surface area contributed by atoms with Crippen LogP contribution in [-0.2, 0) is 0 Å². The van der Waals surface area contributed by atoms with Gasteiger partial charge < -0.3 is 10.6 Å². The molecule has 0 fully saturated rings. The van der Waals surface area contributed by atoms with Gasteiger partial charge in [0.1, 0.15) is 6.07 Å². The van der Waals surface area contributed by atoms with Crippen molar-refractivity contribution >= 4 is 23.2 Å². The third-order valence-electron chi connectivity index (χ3n) is 3.69. The maximum Gasteiger partial charge on any atom is 0.258 e. The third kappa shape index (κ3) is 4.02. The summed E-state index contributed by atoms with van der Waals surface area (Å²) in [4.78, 5) is 20.7. The molecule has 0 aliphatic carbocycles. The van der Waals surface area contributed by atoms with E-state index in [2.05, 4.69) is 26.7 Å². The van der Waals surface area contributed by atoms with Crippen LogP contribution >= 0.6 is 0 Å². The van der Waals surface area contributed by atoms with Gasteiger partial charge in [0, 0.05) is 18.1 Å². The van der Waals surface area contributed by atoms with Gasteiger partial charge in [-0.15, -0.1) is 0 Å². The van der Waals surface area contributed by atoms with Gasteiger partial charge >= 0.3 is 0 Å². The Morgan fingerprint density at radius 2 is 1.69 bits per heavy atom. The van der Waals surface area contributed by atoms with Crippen molar-refractivity contribution in [3.05, 3.63) is 77.1 Å². The summed E-state index contributed by atoms with van der Waals surface area (Å²) in [5.41, 5.74) is 4.33. The lowest BCUT2D eigenvalue weighted by Crippen LogP contribution is -2.14. The Balaban J connectivity index is 1.73. The molecule has 0 saturated carbocycles. The van der Waals surface area contributed by atoms with E-state index in [0.717, 1.165) is 16.8 Å². The maximum absolute atomic E-state index is 12.3. The van der Waals surface area contributed by atoms with E-state index in [9.17, 15) is 4.79 Å². The van der Waals surface area contributed by atoms with Crippen molar-refractivity contribution in [3.63, 3.8) is 0 Å². The number of amides is 1. The first-order chi connectivity index (χ1) is 12.5. The first-order valence-corrected chi connectivity index (χ1v) is 8.03. The molecule has 3 rings (SSSR count). The normalized spacial score (nSPS) is 10.0. The topological polar surface area (TPSA) is 90.7 Å². The summed E-state index contributed by atoms with van der Waals surface area (Å²) in [7, 11) is 0. The van der Waals surface area contributed by atoms with Crippen LogP contribution in [0.2, 0.25) is 0 Å². The van der Waals surface area contributed by atoms with Crippen molar-refractivity contribution in [3.8, 4) is 6.07 Å². The molecule has 6 heteroatoms. The highest BCUT2D eigenvalue weighted by atomic mass is 16.1. The van der Waals surface area contributed by atoms with Crippen molar-refractivity contribution in [1.82, 2.24) is 9.97 Å². The van der Waals surface area contributed by atoms with Gasteiger partial charge in [0.15, 0.2) is 0 Å². The Bertz CT molecular complexity index is 970. The Morgan fingerprint density at radius 3 is 2.35 bits per heavy atom. The van der Waals surface area contributed by atoms with E-state index in [-0.39, 0.29) is 5.91 Å². The second kappa shape index (κ2) is 7.45. The first-order valence-electron chi connectivity index (χ1n) is 8.03. The number of para-hydroxylation sites is 1. The second-order valence-electron chi connectivity index (χ2n) is 5.91. The van der Waals surface area contributed by atoms with Crippen LogP contribution in [0.25, 0.3) is 0 Å². The molecule has 0 aliphatic heterocycles. The van der Waals surface area contributed by atoms with Gasteiger partial charge in [-0.05, 0) is 49.2 Å². The van der Waals surface area contributed by atoms with Crippen molar-refractivity contribution < 1.29 is 4.79 Å². The summed E-state index contributed by atoms with van der Waals surface area (Å²) in [5.74, 6) is 0.0367. The minimum atomic E-state index is -0.370. The molecule has 0 spiro atoms. The number of carbonyl (C=O) groups is 1. The van der Waals surface area contributed by atoms with Gasteiger partial charge in [-0.25, -0.2) is 9.97 Å². The fourth-order valence-electron chi connectivity index (χ4n) is 2.57. The van der Waals surface area contributed by atoms with Crippen LogP contribution in [0, 0.1) is 25.2 Å². The zero-order valence-electron chi connectivity index (χ0n) is 14.4. The molecule has 0 saturated heterocycles. The van der Waals surface area contributed by atoms with Crippen LogP contribution in [0.1, 0.15) is 27.0 Å². The molecule has 2 aromatic carbocycles. The van der Waals surface area contributed by atoms with Crippen LogP contribution in [0.5, 0.6) is 0 Å². The number of nitriles is 1. The lowest BCUT2D eigenvalue weighted by atomic mass is 10.1. The monoisotopic (exact) mass is 343 g/mol. The standard InChI is InChI=1S/C20H17N5O/c1-13-7-14(2)9-17(8-13)24-20-22-11-16(12-23-20)19(26)25-18-6-4-3-5-15(18)10-21/h3-9,11-12H,1-2H3,(H,25,26)(H,22,23,24). The lowest BCUT2D eigenvalue weighted by Gasteiger charge is -2.09. The molecule has 3 aromatic rings. The smallest absolute Gasteiger partial charge is 0.258 e. The zero-order valence-corrected chi connectivity index (χ0v) is 14.4. The number of rotatable bonds is 4. The van der Waals surface area contributed by atoms with E-state index in [0.29, 0.717) is 22.8 Å². The van der Waals surface area contributed by atoms with Crippen LogP contribution in [0.3, 0.4) is 0 Å². The second-order valence-corrected chi connectivity index (χ2v) is 5.91. The molecule has 0 unspecified atom stereocenters. The molecule has 128 valence electrons. The fourth-order valence-corrected chi connectivity index (χ4v) is 2.57. The lowest BCUT2D eigenvalue weighted by molar-refractivity contribution is 0.102. The molecule has 1 aromatic heterocycles. The predicted molar refractivity (Wildman–Crippen MR) is 100 cm³/mol. The summed E-state index contributed by atoms with van der Waals surface area (Å²) in [6, 6.07) is 14.9. The van der Waals surface area contributed by atoms with E-state index in [4.69, 9.17) is 5.26 Å². The quantitative estimate of drug-likeness (QED) is 0.748. The minimum Gasteiger partial charge on any atom is -0.324 e. The van der Waals surface area contributed by atoms with E-state index in [1.54, 1.807) is 24.3 Å². The van der Waals surface area contributed by atoms with Gasteiger partial charge in [-0.2, -0.15) is 5.26 Å². The molecule has 0 aliphatic rings. The van der Waals surface area contributed by atoms with Gasteiger partial charge in [0.2, 0.25) is 5.95 Å². The number of hydrogen-bond donors (Lipinski definition) is 2. The molecule has 1 heterocycles. The molecule has 0 bridgehead atoms. The van der Waals surface area contributed by atoms with Crippen LogP contribution in [0.4, 0.5) is 17.3 Å². The van der Waals surface area contributed by atoms with Gasteiger partial charge in [-0.3, -0.25) is 4.79 Å². The van der Waals surface area contributed by atoms with E-state index in [1.165, 1.54) is 12.4 Å². The third-order valence-corrected chi connectivity index (χ3v) is 3.69. The maximum atomic E-state index is 12.3. The molecule has 1 amide bonds. The van der Waals surface area contributed by atoms with E-state index < -0.39 is 0 Å². The van der Waals surface area contributed by atoms with Crippen LogP contribution in [0.15, 0.2) is 54.9 Å². The zero-order chi connectivity index (χ0) is 18.5. The molecular formula is C20H17N5O. The number of nitrogens with one attached hydrogen (secondary N) is 2. The van der Waals surface area contributed by atoms with Crippen molar-refractivity contribution in [2.75, 3.05) is 10.6 Å². The van der Waals surface area contributed by atoms with Crippen LogP contribution < -0.4 is 10.6 Å². The predicted octanol–water partition coefficient (Wildman–Crippen LogP) is 3.96. The summed E-state index contributed by atoms with van der Waals surface area (Å²) in [5, 5.41) is 14.9. The Morgan fingerprint density at radius 1 is 1.04 bits per heavy atom. The van der Waals surface area contributed by atoms with Gasteiger partial charge in [0.25, 0.3) is 5.91 Å². The van der Waals surface area contributed by atoms with E-state index >= 15 is 0 Å². The fraction of sp³-hybridized carbons (Fsp3) is 0.100. The Hall–Kier alpha value is -3.72. The van der Waals surface area contributed by atoms with Crippen LogP contribution in [-0.4, -0.2) is 15.9 Å². The molecule has 26 heavy (non-hydrogen) atoms. The summed E-state index contributed by atoms with van der Waals surface area (Å²) < 4.78 is 0. The summed E-state index contributed by atoms with van der Waals surface area (Å²) in [6.07, 6.45) is 2.89. The molecule has 6 nitrogen and oxygen atoms in total. The molecule has 0 radical (unpaired) electrons.